The van der Waals surface area contributed by atoms with Crippen LogP contribution in [0.15, 0.2) is 59.1 Å². The van der Waals surface area contributed by atoms with Crippen molar-refractivity contribution < 1.29 is 27.6 Å². The monoisotopic (exact) mass is 386 g/mol. The summed E-state index contributed by atoms with van der Waals surface area (Å²) >= 11 is 0. The summed E-state index contributed by atoms with van der Waals surface area (Å²) in [4.78, 5) is 23.6. The van der Waals surface area contributed by atoms with E-state index in [0.29, 0.717) is 17.5 Å². The molecule has 0 aliphatic heterocycles. The Kier molecular flexibility index (Phi) is 6.11. The van der Waals surface area contributed by atoms with E-state index in [-0.39, 0.29) is 25.1 Å². The van der Waals surface area contributed by atoms with Crippen LogP contribution in [-0.2, 0) is 16.1 Å². The lowest BCUT2D eigenvalue weighted by molar-refractivity contribution is -0.144. The second-order valence-corrected chi connectivity index (χ2v) is 5.84. The minimum Gasteiger partial charge on any atom is -0.459 e. The van der Waals surface area contributed by atoms with Crippen LogP contribution in [0.3, 0.4) is 0 Å². The predicted molar refractivity (Wildman–Crippen MR) is 95.0 cm³/mol. The number of halogens is 2. The van der Waals surface area contributed by atoms with Gasteiger partial charge in [0.15, 0.2) is 5.76 Å². The summed E-state index contributed by atoms with van der Waals surface area (Å²) in [6, 6.07) is 13.6. The first-order chi connectivity index (χ1) is 13.5. The van der Waals surface area contributed by atoms with Crippen LogP contribution in [0.2, 0.25) is 0 Å². The maximum absolute atomic E-state index is 13.5. The van der Waals surface area contributed by atoms with Crippen molar-refractivity contribution in [3.05, 3.63) is 77.5 Å². The van der Waals surface area contributed by atoms with Gasteiger partial charge in [0, 0.05) is 24.2 Å². The highest BCUT2D eigenvalue weighted by Gasteiger charge is 2.13. The van der Waals surface area contributed by atoms with Crippen molar-refractivity contribution in [2.24, 2.45) is 0 Å². The van der Waals surface area contributed by atoms with Crippen LogP contribution in [0, 0.1) is 11.6 Å². The maximum atomic E-state index is 13.5. The Balaban J connectivity index is 1.42. The van der Waals surface area contributed by atoms with Gasteiger partial charge in [-0.2, -0.15) is 0 Å². The number of carbonyl (C=O) groups is 2. The van der Waals surface area contributed by atoms with Crippen molar-refractivity contribution in [1.29, 1.82) is 0 Å². The molecule has 0 fully saturated rings. The Labute approximate surface area is 159 Å². The molecule has 1 N–H and O–H groups in total. The predicted octanol–water partition coefficient (Wildman–Crippen LogP) is 3.48. The van der Waals surface area contributed by atoms with Crippen LogP contribution in [0.25, 0.3) is 11.3 Å². The summed E-state index contributed by atoms with van der Waals surface area (Å²) in [5.41, 5.74) is 0.999. The standard InChI is InChI=1S/C20H16F2N2O4/c21-14-6-7-16(17(22)10-14)20(26)23-9-8-19(25)27-12-15-11-18(28-24-15)13-4-2-1-3-5-13/h1-7,10-11H,8-9,12H2,(H,23,26). The molecule has 0 aliphatic rings. The van der Waals surface area contributed by atoms with E-state index in [9.17, 15) is 18.4 Å². The van der Waals surface area contributed by atoms with Gasteiger partial charge in [-0.25, -0.2) is 8.78 Å². The van der Waals surface area contributed by atoms with Gasteiger partial charge in [0.05, 0.1) is 12.0 Å². The number of amides is 1. The van der Waals surface area contributed by atoms with Crippen molar-refractivity contribution in [2.45, 2.75) is 13.0 Å². The minimum absolute atomic E-state index is 0.0530. The fourth-order valence-electron chi connectivity index (χ4n) is 2.39. The van der Waals surface area contributed by atoms with Crippen molar-refractivity contribution in [2.75, 3.05) is 6.54 Å². The van der Waals surface area contributed by atoms with E-state index in [1.165, 1.54) is 0 Å². The van der Waals surface area contributed by atoms with Gasteiger partial charge in [0.1, 0.15) is 23.9 Å². The molecule has 0 radical (unpaired) electrons. The van der Waals surface area contributed by atoms with Crippen molar-refractivity contribution >= 4 is 11.9 Å². The minimum atomic E-state index is -0.972. The Hall–Kier alpha value is -3.55. The van der Waals surface area contributed by atoms with Gasteiger partial charge < -0.3 is 14.6 Å². The highest BCUT2D eigenvalue weighted by Crippen LogP contribution is 2.20. The van der Waals surface area contributed by atoms with Crippen molar-refractivity contribution in [1.82, 2.24) is 10.5 Å². The van der Waals surface area contributed by atoms with Crippen LogP contribution in [0.5, 0.6) is 0 Å². The molecule has 144 valence electrons. The van der Waals surface area contributed by atoms with Crippen LogP contribution in [0.1, 0.15) is 22.5 Å². The van der Waals surface area contributed by atoms with Gasteiger partial charge in [0.2, 0.25) is 0 Å². The second kappa shape index (κ2) is 8.90. The number of ether oxygens (including phenoxy) is 1. The molecule has 0 saturated carbocycles. The van der Waals surface area contributed by atoms with Crippen LogP contribution in [-0.4, -0.2) is 23.6 Å². The van der Waals surface area contributed by atoms with Crippen LogP contribution >= 0.6 is 0 Å². The van der Waals surface area contributed by atoms with E-state index in [1.54, 1.807) is 6.07 Å². The van der Waals surface area contributed by atoms with E-state index in [2.05, 4.69) is 10.5 Å². The molecule has 0 unspecified atom stereocenters. The second-order valence-electron chi connectivity index (χ2n) is 5.84. The molecule has 0 saturated heterocycles. The molecule has 1 amide bonds. The van der Waals surface area contributed by atoms with E-state index < -0.39 is 23.5 Å². The summed E-state index contributed by atoms with van der Waals surface area (Å²) in [6.07, 6.45) is -0.113. The SMILES string of the molecule is O=C(CCNC(=O)c1ccc(F)cc1F)OCc1cc(-c2ccccc2)on1. The van der Waals surface area contributed by atoms with Gasteiger partial charge in [-0.15, -0.1) is 0 Å². The third kappa shape index (κ3) is 5.00. The largest absolute Gasteiger partial charge is 0.459 e. The van der Waals surface area contributed by atoms with Gasteiger partial charge in [-0.05, 0) is 12.1 Å². The topological polar surface area (TPSA) is 81.4 Å². The third-order valence-corrected chi connectivity index (χ3v) is 3.79. The average Bonchev–Trinajstić information content (AvgIpc) is 3.16. The lowest BCUT2D eigenvalue weighted by atomic mass is 10.2. The normalized spacial score (nSPS) is 10.5. The van der Waals surface area contributed by atoms with E-state index in [0.717, 1.165) is 17.7 Å². The van der Waals surface area contributed by atoms with Gasteiger partial charge >= 0.3 is 5.97 Å². The van der Waals surface area contributed by atoms with Gasteiger partial charge in [-0.3, -0.25) is 9.59 Å². The summed E-state index contributed by atoms with van der Waals surface area (Å²) in [5.74, 6) is -2.50. The molecule has 3 aromatic rings. The number of hydrogen-bond acceptors (Lipinski definition) is 5. The Morgan fingerprint density at radius 1 is 1.07 bits per heavy atom. The number of nitrogens with zero attached hydrogens (tertiary/aromatic N) is 1. The number of aromatic nitrogens is 1. The van der Waals surface area contributed by atoms with E-state index in [1.807, 2.05) is 30.3 Å². The van der Waals surface area contributed by atoms with Crippen LogP contribution < -0.4 is 5.32 Å². The zero-order valence-electron chi connectivity index (χ0n) is 14.7. The molecule has 3 rings (SSSR count). The molecule has 6 nitrogen and oxygen atoms in total. The molecular weight excluding hydrogens is 370 g/mol. The van der Waals surface area contributed by atoms with Crippen molar-refractivity contribution in [3.63, 3.8) is 0 Å². The molecule has 1 heterocycles. The number of hydrogen-bond donors (Lipinski definition) is 1. The molecular formula is C20H16F2N2O4. The fourth-order valence-corrected chi connectivity index (χ4v) is 2.39. The average molecular weight is 386 g/mol. The lowest BCUT2D eigenvalue weighted by Crippen LogP contribution is -2.27. The Morgan fingerprint density at radius 3 is 2.61 bits per heavy atom. The van der Waals surface area contributed by atoms with E-state index >= 15 is 0 Å². The quantitative estimate of drug-likeness (QED) is 0.629. The molecule has 0 atom stereocenters. The zero-order valence-corrected chi connectivity index (χ0v) is 14.7. The number of esters is 1. The number of nitrogens with one attached hydrogen (secondary N) is 1. The van der Waals surface area contributed by atoms with Gasteiger partial charge in [-0.1, -0.05) is 35.5 Å². The summed E-state index contributed by atoms with van der Waals surface area (Å²) < 4.78 is 36.6. The smallest absolute Gasteiger partial charge is 0.307 e. The molecule has 0 aliphatic carbocycles. The molecule has 2 aromatic carbocycles. The number of carbonyl (C=O) groups excluding carboxylic acids is 2. The molecule has 28 heavy (non-hydrogen) atoms. The molecule has 8 heteroatoms. The number of benzene rings is 2. The van der Waals surface area contributed by atoms with E-state index in [4.69, 9.17) is 9.26 Å². The summed E-state index contributed by atoms with van der Waals surface area (Å²) in [6.45, 7) is -0.127. The molecule has 0 bridgehead atoms. The highest BCUT2D eigenvalue weighted by atomic mass is 19.1. The van der Waals surface area contributed by atoms with Crippen molar-refractivity contribution in [3.8, 4) is 11.3 Å². The first-order valence-electron chi connectivity index (χ1n) is 8.43. The number of rotatable bonds is 7. The molecule has 0 spiro atoms. The molecule has 1 aromatic heterocycles. The fraction of sp³-hybridized carbons (Fsp3) is 0.150. The first-order valence-corrected chi connectivity index (χ1v) is 8.43. The summed E-state index contributed by atoms with van der Waals surface area (Å²) in [7, 11) is 0. The Bertz CT molecular complexity index is 973. The first kappa shape index (κ1) is 19.2. The summed E-state index contributed by atoms with van der Waals surface area (Å²) in [5, 5.41) is 6.21. The zero-order chi connectivity index (χ0) is 19.9. The van der Waals surface area contributed by atoms with Gasteiger partial charge in [0.25, 0.3) is 5.91 Å². The van der Waals surface area contributed by atoms with Crippen LogP contribution in [0.4, 0.5) is 8.78 Å². The maximum Gasteiger partial charge on any atom is 0.307 e. The lowest BCUT2D eigenvalue weighted by Gasteiger charge is -2.06. The third-order valence-electron chi connectivity index (χ3n) is 3.79. The highest BCUT2D eigenvalue weighted by molar-refractivity contribution is 5.94. The Morgan fingerprint density at radius 2 is 1.86 bits per heavy atom.